The molecule has 0 aromatic carbocycles. The molecule has 0 radical (unpaired) electrons. The second kappa shape index (κ2) is 8.20. The summed E-state index contributed by atoms with van der Waals surface area (Å²) in [5.74, 6) is 0.502. The number of allylic oxidation sites excluding steroid dienone is 2. The molecule has 0 aliphatic rings. The van der Waals surface area contributed by atoms with Gasteiger partial charge in [0.25, 0.3) is 0 Å². The summed E-state index contributed by atoms with van der Waals surface area (Å²) in [4.78, 5) is 8.53. The highest BCUT2D eigenvalue weighted by Gasteiger charge is 1.98. The predicted molar refractivity (Wildman–Crippen MR) is 73.3 cm³/mol. The summed E-state index contributed by atoms with van der Waals surface area (Å²) in [6, 6.07) is 5.69. The number of hydrogen-bond acceptors (Lipinski definition) is 4. The summed E-state index contributed by atoms with van der Waals surface area (Å²) in [6.45, 7) is 6.66. The molecule has 0 N–H and O–H groups in total. The first-order chi connectivity index (χ1) is 8.77. The number of pyridine rings is 1. The highest BCUT2D eigenvalue weighted by atomic mass is 16.5. The van der Waals surface area contributed by atoms with Gasteiger partial charge in [0.15, 0.2) is 0 Å². The van der Waals surface area contributed by atoms with Crippen LogP contribution in [-0.4, -0.2) is 31.5 Å². The third-order valence-corrected chi connectivity index (χ3v) is 2.12. The van der Waals surface area contributed by atoms with E-state index in [1.54, 1.807) is 19.5 Å². The molecule has 0 bridgehead atoms. The highest BCUT2D eigenvalue weighted by molar-refractivity contribution is 5.81. The van der Waals surface area contributed by atoms with E-state index in [1.165, 1.54) is 0 Å². The van der Waals surface area contributed by atoms with E-state index in [9.17, 15) is 0 Å². The average Bonchev–Trinajstić information content (AvgIpc) is 2.41. The van der Waals surface area contributed by atoms with Gasteiger partial charge in [-0.05, 0) is 19.1 Å². The Bertz CT molecular complexity index is 425. The van der Waals surface area contributed by atoms with E-state index in [0.29, 0.717) is 19.0 Å². The lowest BCUT2D eigenvalue weighted by atomic mass is 10.3. The van der Waals surface area contributed by atoms with Gasteiger partial charge in [-0.25, -0.2) is 0 Å². The molecule has 0 aliphatic carbocycles. The molecule has 18 heavy (non-hydrogen) atoms. The van der Waals surface area contributed by atoms with Crippen LogP contribution in [0.4, 0.5) is 0 Å². The minimum absolute atomic E-state index is 0.468. The zero-order chi connectivity index (χ0) is 13.2. The van der Waals surface area contributed by atoms with Crippen molar-refractivity contribution in [1.82, 2.24) is 4.98 Å². The molecular weight excluding hydrogens is 228 g/mol. The molecule has 0 fully saturated rings. The molecule has 1 aromatic rings. The standard InChI is InChI=1S/C14H18N2O2/c1-4-13(14-7-5-6-8-15-14)16-11-12(2)18-10-9-17-3/h4-8,11H,2,9-10H2,1,3H3/b13-4-,16-11?. The molecule has 1 heterocycles. The first-order valence-corrected chi connectivity index (χ1v) is 5.70. The summed E-state index contributed by atoms with van der Waals surface area (Å²) < 4.78 is 10.2. The number of hydrogen-bond donors (Lipinski definition) is 0. The van der Waals surface area contributed by atoms with Gasteiger partial charge in [0, 0.05) is 13.3 Å². The van der Waals surface area contributed by atoms with Crippen LogP contribution in [0.1, 0.15) is 12.6 Å². The Balaban J connectivity index is 2.57. The lowest BCUT2D eigenvalue weighted by Crippen LogP contribution is -2.01. The van der Waals surface area contributed by atoms with Crippen molar-refractivity contribution in [2.45, 2.75) is 6.92 Å². The molecule has 0 unspecified atom stereocenters. The van der Waals surface area contributed by atoms with Gasteiger partial charge >= 0.3 is 0 Å². The summed E-state index contributed by atoms with van der Waals surface area (Å²) in [6.07, 6.45) is 5.21. The fourth-order valence-electron chi connectivity index (χ4n) is 1.24. The summed E-state index contributed by atoms with van der Waals surface area (Å²) >= 11 is 0. The van der Waals surface area contributed by atoms with Crippen LogP contribution >= 0.6 is 0 Å². The van der Waals surface area contributed by atoms with Crippen LogP contribution in [-0.2, 0) is 9.47 Å². The number of nitrogens with zero attached hydrogens (tertiary/aromatic N) is 2. The molecule has 0 aliphatic heterocycles. The predicted octanol–water partition coefficient (Wildman–Crippen LogP) is 2.69. The minimum Gasteiger partial charge on any atom is -0.490 e. The molecule has 4 heteroatoms. The van der Waals surface area contributed by atoms with E-state index >= 15 is 0 Å². The van der Waals surface area contributed by atoms with E-state index in [0.717, 1.165) is 11.4 Å². The second-order valence-corrected chi connectivity index (χ2v) is 3.45. The maximum Gasteiger partial charge on any atom is 0.130 e. The van der Waals surface area contributed by atoms with Gasteiger partial charge < -0.3 is 9.47 Å². The van der Waals surface area contributed by atoms with Crippen molar-refractivity contribution in [2.24, 2.45) is 4.99 Å². The second-order valence-electron chi connectivity index (χ2n) is 3.45. The number of aliphatic imine (C=N–C) groups is 1. The zero-order valence-corrected chi connectivity index (χ0v) is 10.8. The van der Waals surface area contributed by atoms with Crippen LogP contribution in [0.25, 0.3) is 5.70 Å². The van der Waals surface area contributed by atoms with Gasteiger partial charge in [-0.2, -0.15) is 0 Å². The Kier molecular flexibility index (Phi) is 6.43. The van der Waals surface area contributed by atoms with Crippen LogP contribution in [0.3, 0.4) is 0 Å². The monoisotopic (exact) mass is 246 g/mol. The molecular formula is C14H18N2O2. The first-order valence-electron chi connectivity index (χ1n) is 5.70. The maximum atomic E-state index is 5.30. The van der Waals surface area contributed by atoms with Crippen molar-refractivity contribution in [1.29, 1.82) is 0 Å². The van der Waals surface area contributed by atoms with Crippen molar-refractivity contribution in [3.8, 4) is 0 Å². The molecule has 1 rings (SSSR count). The highest BCUT2D eigenvalue weighted by Crippen LogP contribution is 2.12. The SMILES string of the molecule is C=C(C=N/C(=C\C)c1ccccn1)OCCOC. The van der Waals surface area contributed by atoms with Crippen LogP contribution in [0.5, 0.6) is 0 Å². The molecule has 0 amide bonds. The first kappa shape index (κ1) is 14.1. The smallest absolute Gasteiger partial charge is 0.130 e. The molecule has 4 nitrogen and oxygen atoms in total. The topological polar surface area (TPSA) is 43.7 Å². The maximum absolute atomic E-state index is 5.30. The van der Waals surface area contributed by atoms with Crippen LogP contribution in [0.15, 0.2) is 47.8 Å². The molecule has 0 spiro atoms. The Morgan fingerprint density at radius 1 is 1.44 bits per heavy atom. The third-order valence-electron chi connectivity index (χ3n) is 2.12. The Hall–Kier alpha value is -1.94. The molecule has 1 aromatic heterocycles. The number of methoxy groups -OCH3 is 1. The van der Waals surface area contributed by atoms with Crippen molar-refractivity contribution in [3.63, 3.8) is 0 Å². The van der Waals surface area contributed by atoms with Crippen LogP contribution < -0.4 is 0 Å². The zero-order valence-electron chi connectivity index (χ0n) is 10.8. The van der Waals surface area contributed by atoms with Crippen molar-refractivity contribution >= 4 is 11.9 Å². The fourth-order valence-corrected chi connectivity index (χ4v) is 1.24. The molecule has 96 valence electrons. The summed E-state index contributed by atoms with van der Waals surface area (Å²) in [5, 5.41) is 0. The van der Waals surface area contributed by atoms with Crippen LogP contribution in [0, 0.1) is 0 Å². The Labute approximate surface area is 108 Å². The van der Waals surface area contributed by atoms with E-state index in [2.05, 4.69) is 16.6 Å². The van der Waals surface area contributed by atoms with E-state index in [4.69, 9.17) is 9.47 Å². The molecule has 0 saturated carbocycles. The lowest BCUT2D eigenvalue weighted by molar-refractivity contribution is 0.118. The Morgan fingerprint density at radius 3 is 2.89 bits per heavy atom. The van der Waals surface area contributed by atoms with Crippen LogP contribution in [0.2, 0.25) is 0 Å². The fraction of sp³-hybridized carbons (Fsp3) is 0.286. The van der Waals surface area contributed by atoms with Crippen molar-refractivity contribution < 1.29 is 9.47 Å². The number of rotatable bonds is 7. The third kappa shape index (κ3) is 4.93. The quantitative estimate of drug-likeness (QED) is 0.422. The van der Waals surface area contributed by atoms with Gasteiger partial charge in [0.1, 0.15) is 12.4 Å². The summed E-state index contributed by atoms with van der Waals surface area (Å²) in [7, 11) is 1.62. The van der Waals surface area contributed by atoms with Gasteiger partial charge in [0.05, 0.1) is 24.2 Å². The van der Waals surface area contributed by atoms with Gasteiger partial charge in [0.2, 0.25) is 0 Å². The minimum atomic E-state index is 0.468. The lowest BCUT2D eigenvalue weighted by Gasteiger charge is -2.04. The van der Waals surface area contributed by atoms with E-state index in [1.807, 2.05) is 31.2 Å². The number of aromatic nitrogens is 1. The Morgan fingerprint density at radius 2 is 2.28 bits per heavy atom. The molecule has 0 saturated heterocycles. The van der Waals surface area contributed by atoms with Gasteiger partial charge in [-0.15, -0.1) is 0 Å². The van der Waals surface area contributed by atoms with E-state index < -0.39 is 0 Å². The van der Waals surface area contributed by atoms with Gasteiger partial charge in [-0.1, -0.05) is 18.7 Å². The van der Waals surface area contributed by atoms with Gasteiger partial charge in [-0.3, -0.25) is 9.98 Å². The summed E-state index contributed by atoms with van der Waals surface area (Å²) in [5.41, 5.74) is 1.60. The molecule has 0 atom stereocenters. The van der Waals surface area contributed by atoms with E-state index in [-0.39, 0.29) is 0 Å². The van der Waals surface area contributed by atoms with Crippen molar-refractivity contribution in [3.05, 3.63) is 48.5 Å². The average molecular weight is 246 g/mol. The number of ether oxygens (including phenoxy) is 2. The normalized spacial score (nSPS) is 11.8. The largest absolute Gasteiger partial charge is 0.490 e. The van der Waals surface area contributed by atoms with Crippen molar-refractivity contribution in [2.75, 3.05) is 20.3 Å².